The van der Waals surface area contributed by atoms with Gasteiger partial charge in [0.05, 0.1) is 0 Å². The van der Waals surface area contributed by atoms with E-state index in [2.05, 4.69) is 27.5 Å². The van der Waals surface area contributed by atoms with Crippen LogP contribution in [0.3, 0.4) is 0 Å². The van der Waals surface area contributed by atoms with Gasteiger partial charge in [0.15, 0.2) is 17.6 Å². The highest BCUT2D eigenvalue weighted by Crippen LogP contribution is 2.27. The molecule has 1 atom stereocenters. The van der Waals surface area contributed by atoms with Gasteiger partial charge in [0.25, 0.3) is 0 Å². The molecule has 1 aliphatic carbocycles. The number of aromatic nitrogens is 1. The van der Waals surface area contributed by atoms with Gasteiger partial charge in [-0.05, 0) is 43.2 Å². The molecule has 2 heterocycles. The number of hydrogen-bond acceptors (Lipinski definition) is 3. The third-order valence-corrected chi connectivity index (χ3v) is 5.48. The Morgan fingerprint density at radius 3 is 2.77 bits per heavy atom. The number of pyridine rings is 1. The maximum absolute atomic E-state index is 13.9. The van der Waals surface area contributed by atoms with E-state index in [1.807, 2.05) is 11.9 Å². The van der Waals surface area contributed by atoms with E-state index in [9.17, 15) is 4.39 Å². The first kappa shape index (κ1) is 21.2. The molecule has 7 heteroatoms. The minimum Gasteiger partial charge on any atom is -0.356 e. The Labute approximate surface area is 173 Å². The number of nitrogens with one attached hydrogen (secondary N) is 2. The zero-order valence-corrected chi connectivity index (χ0v) is 18.1. The van der Waals surface area contributed by atoms with Gasteiger partial charge in [0, 0.05) is 38.9 Å². The molecule has 2 aliphatic rings. The third kappa shape index (κ3) is 5.69. The summed E-state index contributed by atoms with van der Waals surface area (Å²) in [5.41, 5.74) is 0. The van der Waals surface area contributed by atoms with E-state index in [0.29, 0.717) is 5.82 Å². The highest BCUT2D eigenvalue weighted by Gasteiger charge is 2.26. The highest BCUT2D eigenvalue weighted by molar-refractivity contribution is 14.0. The molecule has 0 amide bonds. The van der Waals surface area contributed by atoms with Crippen molar-refractivity contribution in [2.45, 2.75) is 45.1 Å². The molecule has 1 aromatic heterocycles. The fourth-order valence-electron chi connectivity index (χ4n) is 3.84. The van der Waals surface area contributed by atoms with E-state index >= 15 is 0 Å². The number of nitrogens with zero attached hydrogens (tertiary/aromatic N) is 3. The van der Waals surface area contributed by atoms with Gasteiger partial charge in [0.1, 0.15) is 0 Å². The monoisotopic (exact) mass is 475 g/mol. The van der Waals surface area contributed by atoms with Crippen LogP contribution in [-0.4, -0.2) is 43.7 Å². The van der Waals surface area contributed by atoms with E-state index in [1.54, 1.807) is 12.3 Å². The molecule has 0 aromatic carbocycles. The number of halogens is 2. The van der Waals surface area contributed by atoms with Gasteiger partial charge in [-0.1, -0.05) is 19.8 Å². The first-order chi connectivity index (χ1) is 12.2. The summed E-state index contributed by atoms with van der Waals surface area (Å²) in [6, 6.07) is 3.36. The summed E-state index contributed by atoms with van der Waals surface area (Å²) in [7, 11) is 1.81. The molecule has 0 spiro atoms. The van der Waals surface area contributed by atoms with Crippen molar-refractivity contribution in [3.05, 3.63) is 24.1 Å². The number of rotatable bonds is 4. The summed E-state index contributed by atoms with van der Waals surface area (Å²) in [5, 5.41) is 6.96. The van der Waals surface area contributed by atoms with Crippen LogP contribution in [0.1, 0.15) is 39.0 Å². The quantitative estimate of drug-likeness (QED) is 0.398. The molecule has 1 aliphatic heterocycles. The maximum Gasteiger partial charge on any atom is 0.191 e. The summed E-state index contributed by atoms with van der Waals surface area (Å²) in [4.78, 5) is 10.5. The molecule has 2 N–H and O–H groups in total. The molecule has 146 valence electrons. The molecular formula is C19H31FIN5. The van der Waals surface area contributed by atoms with Crippen LogP contribution in [0.2, 0.25) is 0 Å². The number of anilines is 1. The summed E-state index contributed by atoms with van der Waals surface area (Å²) in [5.74, 6) is 2.68. The van der Waals surface area contributed by atoms with Gasteiger partial charge in [-0.2, -0.15) is 0 Å². The van der Waals surface area contributed by atoms with Crippen LogP contribution in [0.25, 0.3) is 0 Å². The smallest absolute Gasteiger partial charge is 0.191 e. The van der Waals surface area contributed by atoms with E-state index in [4.69, 9.17) is 0 Å². The van der Waals surface area contributed by atoms with E-state index in [-0.39, 0.29) is 35.8 Å². The summed E-state index contributed by atoms with van der Waals surface area (Å²) >= 11 is 0. The van der Waals surface area contributed by atoms with Crippen LogP contribution in [0.15, 0.2) is 23.3 Å². The van der Waals surface area contributed by atoms with Gasteiger partial charge < -0.3 is 15.5 Å². The van der Waals surface area contributed by atoms with Gasteiger partial charge in [-0.15, -0.1) is 24.0 Å². The second kappa shape index (κ2) is 10.3. The maximum atomic E-state index is 13.9. The summed E-state index contributed by atoms with van der Waals surface area (Å²) in [6.07, 6.45) is 7.89. The number of aliphatic imine (C=N–C) groups is 1. The van der Waals surface area contributed by atoms with Crippen molar-refractivity contribution in [3.8, 4) is 0 Å². The number of guanidine groups is 1. The molecular weight excluding hydrogens is 444 g/mol. The van der Waals surface area contributed by atoms with Crippen molar-refractivity contribution in [1.82, 2.24) is 15.6 Å². The lowest BCUT2D eigenvalue weighted by atomic mass is 9.83. The predicted molar refractivity (Wildman–Crippen MR) is 116 cm³/mol. The van der Waals surface area contributed by atoms with E-state index < -0.39 is 0 Å². The molecule has 5 nitrogen and oxygen atoms in total. The predicted octanol–water partition coefficient (Wildman–Crippen LogP) is 3.41. The minimum atomic E-state index is -0.253. The van der Waals surface area contributed by atoms with Gasteiger partial charge >= 0.3 is 0 Å². The lowest BCUT2D eigenvalue weighted by molar-refractivity contribution is 0.289. The summed E-state index contributed by atoms with van der Waals surface area (Å²) < 4.78 is 13.9. The van der Waals surface area contributed by atoms with Crippen molar-refractivity contribution in [3.63, 3.8) is 0 Å². The van der Waals surface area contributed by atoms with Crippen molar-refractivity contribution >= 4 is 35.8 Å². The molecule has 2 fully saturated rings. The molecule has 0 radical (unpaired) electrons. The lowest BCUT2D eigenvalue weighted by Crippen LogP contribution is -2.46. The van der Waals surface area contributed by atoms with E-state index in [1.165, 1.54) is 31.7 Å². The average molecular weight is 475 g/mol. The van der Waals surface area contributed by atoms with Crippen LogP contribution in [0.4, 0.5) is 10.2 Å². The first-order valence-electron chi connectivity index (χ1n) is 9.48. The van der Waals surface area contributed by atoms with Crippen LogP contribution in [0.5, 0.6) is 0 Å². The highest BCUT2D eigenvalue weighted by atomic mass is 127. The van der Waals surface area contributed by atoms with Gasteiger partial charge in [0.2, 0.25) is 0 Å². The van der Waals surface area contributed by atoms with Gasteiger partial charge in [-0.3, -0.25) is 4.99 Å². The minimum absolute atomic E-state index is 0. The van der Waals surface area contributed by atoms with E-state index in [0.717, 1.165) is 43.9 Å². The third-order valence-electron chi connectivity index (χ3n) is 5.48. The molecule has 26 heavy (non-hydrogen) atoms. The van der Waals surface area contributed by atoms with Crippen LogP contribution >= 0.6 is 24.0 Å². The van der Waals surface area contributed by atoms with Crippen molar-refractivity contribution in [2.24, 2.45) is 16.8 Å². The van der Waals surface area contributed by atoms with Crippen molar-refractivity contribution < 1.29 is 4.39 Å². The van der Waals surface area contributed by atoms with Crippen molar-refractivity contribution in [2.75, 3.05) is 31.6 Å². The Kier molecular flexibility index (Phi) is 8.37. The molecule has 1 saturated carbocycles. The Morgan fingerprint density at radius 1 is 1.31 bits per heavy atom. The average Bonchev–Trinajstić information content (AvgIpc) is 3.08. The fraction of sp³-hybridized carbons (Fsp3) is 0.684. The zero-order valence-electron chi connectivity index (χ0n) is 15.7. The fourth-order valence-corrected chi connectivity index (χ4v) is 3.84. The molecule has 1 unspecified atom stereocenters. The Balaban J connectivity index is 0.00000243. The van der Waals surface area contributed by atoms with Crippen LogP contribution in [0, 0.1) is 17.7 Å². The second-order valence-corrected chi connectivity index (χ2v) is 7.46. The topological polar surface area (TPSA) is 52.6 Å². The Bertz CT molecular complexity index is 589. The first-order valence-corrected chi connectivity index (χ1v) is 9.48. The number of hydrogen-bond donors (Lipinski definition) is 2. The van der Waals surface area contributed by atoms with Crippen LogP contribution < -0.4 is 15.5 Å². The summed E-state index contributed by atoms with van der Waals surface area (Å²) in [6.45, 7) is 4.89. The Hall–Kier alpha value is -1.12. The standard InChI is InChI=1S/C19H30FN5.HI/c1-14-5-7-15(8-6-14)12-23-19(21-2)24-16-9-11-25(13-16)18-17(20)4-3-10-22-18;/h3-4,10,14-16H,5-9,11-13H2,1-2H3,(H2,21,23,24);1H. The Morgan fingerprint density at radius 2 is 2.08 bits per heavy atom. The molecule has 0 bridgehead atoms. The van der Waals surface area contributed by atoms with Gasteiger partial charge in [-0.25, -0.2) is 9.37 Å². The second-order valence-electron chi connectivity index (χ2n) is 7.46. The van der Waals surface area contributed by atoms with Crippen molar-refractivity contribution in [1.29, 1.82) is 0 Å². The normalized spacial score (nSPS) is 26.3. The molecule has 3 rings (SSSR count). The largest absolute Gasteiger partial charge is 0.356 e. The molecule has 1 aromatic rings. The van der Waals surface area contributed by atoms with Crippen LogP contribution in [-0.2, 0) is 0 Å². The zero-order chi connectivity index (χ0) is 17.6. The molecule has 1 saturated heterocycles. The SMILES string of the molecule is CN=C(NCC1CCC(C)CC1)NC1CCN(c2ncccc2F)C1.I. The lowest BCUT2D eigenvalue weighted by Gasteiger charge is -2.27.